The highest BCUT2D eigenvalue weighted by Gasteiger charge is 2.14. The van der Waals surface area contributed by atoms with Gasteiger partial charge in [0.1, 0.15) is 5.75 Å². The molecule has 0 saturated heterocycles. The van der Waals surface area contributed by atoms with Gasteiger partial charge >= 0.3 is 0 Å². The third-order valence-electron chi connectivity index (χ3n) is 2.79. The summed E-state index contributed by atoms with van der Waals surface area (Å²) >= 11 is -1.25. The Labute approximate surface area is 120 Å². The maximum absolute atomic E-state index is 12.4. The molecule has 2 aromatic carbocycles. The third-order valence-corrected chi connectivity index (χ3v) is 4.19. The van der Waals surface area contributed by atoms with E-state index >= 15 is 0 Å². The van der Waals surface area contributed by atoms with E-state index in [1.165, 1.54) is 0 Å². The molecule has 1 amide bonds. The summed E-state index contributed by atoms with van der Waals surface area (Å²) in [5, 5.41) is 0. The summed E-state index contributed by atoms with van der Waals surface area (Å²) in [7, 11) is 1.59. The number of benzene rings is 2. The highest BCUT2D eigenvalue weighted by molar-refractivity contribution is 7.91. The molecule has 2 N–H and O–H groups in total. The van der Waals surface area contributed by atoms with Crippen molar-refractivity contribution < 1.29 is 14.1 Å². The molecule has 0 aliphatic carbocycles. The van der Waals surface area contributed by atoms with Crippen LogP contribution < -0.4 is 10.5 Å². The fraction of sp³-hybridized carbons (Fsp3) is 0.133. The van der Waals surface area contributed by atoms with Gasteiger partial charge in [-0.25, -0.2) is 0 Å². The van der Waals surface area contributed by atoms with Crippen LogP contribution in [0.3, 0.4) is 0 Å². The first-order valence-corrected chi connectivity index (χ1v) is 7.18. The number of nitrogens with two attached hydrogens (primary N) is 1. The number of amides is 1. The van der Waals surface area contributed by atoms with Gasteiger partial charge in [0.25, 0.3) is 0 Å². The Morgan fingerprint density at radius 2 is 1.60 bits per heavy atom. The molecule has 0 fully saturated rings. The SMILES string of the molecule is COc1ccc([S+]([O-])c2ccc(CC(N)=O)cc2)cc1. The van der Waals surface area contributed by atoms with Gasteiger partial charge < -0.3 is 15.0 Å². The van der Waals surface area contributed by atoms with Crippen LogP contribution in [0.1, 0.15) is 5.56 Å². The lowest BCUT2D eigenvalue weighted by atomic mass is 10.1. The summed E-state index contributed by atoms with van der Waals surface area (Å²) in [6.07, 6.45) is 0.190. The van der Waals surface area contributed by atoms with Gasteiger partial charge in [0, 0.05) is 11.2 Å². The molecule has 4 nitrogen and oxygen atoms in total. The molecule has 0 radical (unpaired) electrons. The zero-order valence-electron chi connectivity index (χ0n) is 11.0. The first-order chi connectivity index (χ1) is 9.60. The van der Waals surface area contributed by atoms with Gasteiger partial charge in [-0.2, -0.15) is 0 Å². The molecule has 1 unspecified atom stereocenters. The van der Waals surface area contributed by atoms with Crippen LogP contribution >= 0.6 is 0 Å². The van der Waals surface area contributed by atoms with Crippen LogP contribution in [-0.2, 0) is 22.4 Å². The van der Waals surface area contributed by atoms with Gasteiger partial charge in [0.2, 0.25) is 5.91 Å². The summed E-state index contributed by atoms with van der Waals surface area (Å²) in [6, 6.07) is 14.1. The lowest BCUT2D eigenvalue weighted by Gasteiger charge is -2.10. The van der Waals surface area contributed by atoms with Gasteiger partial charge in [-0.1, -0.05) is 12.1 Å². The van der Waals surface area contributed by atoms with Crippen molar-refractivity contribution in [2.75, 3.05) is 7.11 Å². The molecule has 2 rings (SSSR count). The third kappa shape index (κ3) is 3.53. The number of rotatable bonds is 5. The maximum Gasteiger partial charge on any atom is 0.221 e. The summed E-state index contributed by atoms with van der Waals surface area (Å²) in [6.45, 7) is 0. The quantitative estimate of drug-likeness (QED) is 0.854. The second kappa shape index (κ2) is 6.45. The summed E-state index contributed by atoms with van der Waals surface area (Å²) in [5.74, 6) is 0.344. The Bertz CT molecular complexity index is 581. The van der Waals surface area contributed by atoms with E-state index < -0.39 is 11.2 Å². The largest absolute Gasteiger partial charge is 0.606 e. The standard InChI is InChI=1S/C15H15NO3S/c1-19-12-4-8-14(9-5-12)20(18)13-6-2-11(3-7-13)10-15(16)17/h2-9H,10H2,1H3,(H2,16,17). The molecule has 0 aliphatic rings. The van der Waals surface area contributed by atoms with E-state index in [-0.39, 0.29) is 12.3 Å². The van der Waals surface area contributed by atoms with E-state index in [1.54, 1.807) is 55.6 Å². The summed E-state index contributed by atoms with van der Waals surface area (Å²) in [5.41, 5.74) is 5.94. The van der Waals surface area contributed by atoms with Gasteiger partial charge in [0.15, 0.2) is 9.79 Å². The van der Waals surface area contributed by atoms with Crippen molar-refractivity contribution >= 4 is 17.1 Å². The molecule has 5 heteroatoms. The molecule has 2 aromatic rings. The molecule has 0 spiro atoms. The monoisotopic (exact) mass is 289 g/mol. The van der Waals surface area contributed by atoms with Crippen molar-refractivity contribution in [1.29, 1.82) is 0 Å². The normalized spacial score (nSPS) is 11.9. The molecular formula is C15H15NO3S. The maximum atomic E-state index is 12.4. The zero-order valence-corrected chi connectivity index (χ0v) is 11.9. The minimum Gasteiger partial charge on any atom is -0.606 e. The Hall–Kier alpha value is -1.98. The average molecular weight is 289 g/mol. The van der Waals surface area contributed by atoms with Gasteiger partial charge in [-0.15, -0.1) is 0 Å². The van der Waals surface area contributed by atoms with Crippen LogP contribution in [0.2, 0.25) is 0 Å². The summed E-state index contributed by atoms with van der Waals surface area (Å²) in [4.78, 5) is 12.2. The van der Waals surface area contributed by atoms with Crippen molar-refractivity contribution in [2.24, 2.45) is 5.73 Å². The number of carbonyl (C=O) groups is 1. The predicted octanol–water partition coefficient (Wildman–Crippen LogP) is 1.89. The molecule has 0 bridgehead atoms. The van der Waals surface area contributed by atoms with Gasteiger partial charge in [0.05, 0.1) is 13.5 Å². The molecule has 1 atom stereocenters. The van der Waals surface area contributed by atoms with E-state index in [0.29, 0.717) is 9.79 Å². The fourth-order valence-corrected chi connectivity index (χ4v) is 2.81. The zero-order chi connectivity index (χ0) is 14.5. The van der Waals surface area contributed by atoms with E-state index in [1.807, 2.05) is 0 Å². The number of ether oxygens (including phenoxy) is 1. The van der Waals surface area contributed by atoms with E-state index in [0.717, 1.165) is 11.3 Å². The smallest absolute Gasteiger partial charge is 0.221 e. The second-order valence-electron chi connectivity index (χ2n) is 4.23. The van der Waals surface area contributed by atoms with Crippen LogP contribution in [0.4, 0.5) is 0 Å². The first-order valence-electron chi connectivity index (χ1n) is 6.03. The first kappa shape index (κ1) is 14.4. The van der Waals surface area contributed by atoms with Crippen molar-refractivity contribution in [2.45, 2.75) is 16.2 Å². The van der Waals surface area contributed by atoms with Crippen molar-refractivity contribution in [3.8, 4) is 5.75 Å². The van der Waals surface area contributed by atoms with E-state index in [4.69, 9.17) is 10.5 Å². The second-order valence-corrected chi connectivity index (χ2v) is 5.71. The lowest BCUT2D eigenvalue weighted by molar-refractivity contribution is -0.117. The van der Waals surface area contributed by atoms with Crippen molar-refractivity contribution in [3.05, 3.63) is 54.1 Å². The average Bonchev–Trinajstić information content (AvgIpc) is 2.47. The van der Waals surface area contributed by atoms with Gasteiger partial charge in [-0.3, -0.25) is 4.79 Å². The minimum absolute atomic E-state index is 0.190. The lowest BCUT2D eigenvalue weighted by Crippen LogP contribution is -2.13. The highest BCUT2D eigenvalue weighted by Crippen LogP contribution is 2.23. The summed E-state index contributed by atoms with van der Waals surface area (Å²) < 4.78 is 17.4. The number of carbonyl (C=O) groups excluding carboxylic acids is 1. The Balaban J connectivity index is 2.15. The number of hydrogen-bond acceptors (Lipinski definition) is 3. The topological polar surface area (TPSA) is 75.4 Å². The molecule has 104 valence electrons. The molecule has 0 aromatic heterocycles. The van der Waals surface area contributed by atoms with E-state index in [9.17, 15) is 9.35 Å². The highest BCUT2D eigenvalue weighted by atomic mass is 32.2. The van der Waals surface area contributed by atoms with Crippen LogP contribution in [0.25, 0.3) is 0 Å². The Morgan fingerprint density at radius 3 is 2.05 bits per heavy atom. The van der Waals surface area contributed by atoms with Gasteiger partial charge in [-0.05, 0) is 42.0 Å². The fourth-order valence-electron chi connectivity index (χ4n) is 1.77. The van der Waals surface area contributed by atoms with Crippen LogP contribution in [0.5, 0.6) is 5.75 Å². The Morgan fingerprint density at radius 1 is 1.10 bits per heavy atom. The predicted molar refractivity (Wildman–Crippen MR) is 77.0 cm³/mol. The number of primary amides is 1. The van der Waals surface area contributed by atoms with Crippen LogP contribution in [-0.4, -0.2) is 17.6 Å². The molecule has 0 saturated carbocycles. The number of methoxy groups -OCH3 is 1. The molecular weight excluding hydrogens is 274 g/mol. The van der Waals surface area contributed by atoms with Crippen LogP contribution in [0.15, 0.2) is 58.3 Å². The van der Waals surface area contributed by atoms with Crippen molar-refractivity contribution in [3.63, 3.8) is 0 Å². The molecule has 20 heavy (non-hydrogen) atoms. The number of hydrogen-bond donors (Lipinski definition) is 1. The minimum atomic E-state index is -1.25. The van der Waals surface area contributed by atoms with E-state index in [2.05, 4.69) is 0 Å². The molecule has 0 aliphatic heterocycles. The molecule has 0 heterocycles. The van der Waals surface area contributed by atoms with Crippen LogP contribution in [0, 0.1) is 0 Å². The van der Waals surface area contributed by atoms with Crippen molar-refractivity contribution in [1.82, 2.24) is 0 Å². The Kier molecular flexibility index (Phi) is 4.65.